The summed E-state index contributed by atoms with van der Waals surface area (Å²) >= 11 is 1.95. The van der Waals surface area contributed by atoms with Gasteiger partial charge in [0.1, 0.15) is 5.75 Å². The van der Waals surface area contributed by atoms with E-state index in [1.807, 2.05) is 16.7 Å². The average Bonchev–Trinajstić information content (AvgIpc) is 3.04. The monoisotopic (exact) mass is 363 g/mol. The summed E-state index contributed by atoms with van der Waals surface area (Å²) in [4.78, 5) is 14.4. The molecule has 1 spiro atoms. The molecule has 3 fully saturated rings. The van der Waals surface area contributed by atoms with Crippen molar-refractivity contribution in [3.63, 3.8) is 0 Å². The van der Waals surface area contributed by atoms with E-state index in [1.165, 1.54) is 6.07 Å². The SMILES string of the molecule is O=C(c1cccc(O)c1)N1CC2(C[C@@H](OCC3CCOCC3)CS2)C1. The number of carbonyl (C=O) groups is 1. The van der Waals surface area contributed by atoms with Crippen LogP contribution in [0.3, 0.4) is 0 Å². The lowest BCUT2D eigenvalue weighted by atomic mass is 9.92. The molecule has 1 aromatic carbocycles. The molecule has 4 rings (SSSR count). The Balaban J connectivity index is 1.25. The van der Waals surface area contributed by atoms with Gasteiger partial charge >= 0.3 is 0 Å². The van der Waals surface area contributed by atoms with Crippen LogP contribution >= 0.6 is 11.8 Å². The van der Waals surface area contributed by atoms with Gasteiger partial charge in [-0.3, -0.25) is 4.79 Å². The molecule has 0 aromatic heterocycles. The Morgan fingerprint density at radius 3 is 2.92 bits per heavy atom. The molecule has 1 amide bonds. The maximum Gasteiger partial charge on any atom is 0.254 e. The maximum atomic E-state index is 12.5. The smallest absolute Gasteiger partial charge is 0.254 e. The summed E-state index contributed by atoms with van der Waals surface area (Å²) in [5.41, 5.74) is 0.560. The summed E-state index contributed by atoms with van der Waals surface area (Å²) in [6, 6.07) is 6.59. The highest BCUT2D eigenvalue weighted by Crippen LogP contribution is 2.46. The molecule has 6 heteroatoms. The van der Waals surface area contributed by atoms with E-state index in [2.05, 4.69) is 0 Å². The van der Waals surface area contributed by atoms with Crippen molar-refractivity contribution in [1.82, 2.24) is 4.90 Å². The van der Waals surface area contributed by atoms with Gasteiger partial charge in [-0.25, -0.2) is 0 Å². The molecule has 3 aliphatic heterocycles. The van der Waals surface area contributed by atoms with Gasteiger partial charge in [-0.15, -0.1) is 11.8 Å². The van der Waals surface area contributed by atoms with Crippen molar-refractivity contribution in [2.24, 2.45) is 5.92 Å². The van der Waals surface area contributed by atoms with Crippen molar-refractivity contribution in [1.29, 1.82) is 0 Å². The number of thioether (sulfide) groups is 1. The van der Waals surface area contributed by atoms with Crippen molar-refractivity contribution in [2.75, 3.05) is 38.7 Å². The Kier molecular flexibility index (Phi) is 4.93. The zero-order valence-corrected chi connectivity index (χ0v) is 15.2. The predicted octanol–water partition coefficient (Wildman–Crippen LogP) is 2.54. The van der Waals surface area contributed by atoms with Gasteiger partial charge in [0.05, 0.1) is 10.9 Å². The molecule has 0 unspecified atom stereocenters. The van der Waals surface area contributed by atoms with Gasteiger partial charge < -0.3 is 19.5 Å². The molecule has 25 heavy (non-hydrogen) atoms. The fraction of sp³-hybridized carbons (Fsp3) is 0.632. The molecule has 1 N–H and O–H groups in total. The quantitative estimate of drug-likeness (QED) is 0.891. The third kappa shape index (κ3) is 3.81. The molecule has 0 saturated carbocycles. The molecule has 3 heterocycles. The number of phenols is 1. The van der Waals surface area contributed by atoms with Gasteiger partial charge in [0.25, 0.3) is 5.91 Å². The van der Waals surface area contributed by atoms with Crippen LogP contribution in [0.2, 0.25) is 0 Å². The Labute approximate surface area is 152 Å². The minimum atomic E-state index is 0.00805. The van der Waals surface area contributed by atoms with Gasteiger partial charge in [-0.05, 0) is 43.4 Å². The van der Waals surface area contributed by atoms with E-state index in [0.29, 0.717) is 17.6 Å². The van der Waals surface area contributed by atoms with Crippen LogP contribution < -0.4 is 0 Å². The fourth-order valence-electron chi connectivity index (χ4n) is 3.93. The summed E-state index contributed by atoms with van der Waals surface area (Å²) < 4.78 is 11.7. The Hall–Kier alpha value is -1.24. The number of rotatable bonds is 4. The number of amides is 1. The highest BCUT2D eigenvalue weighted by molar-refractivity contribution is 8.01. The lowest BCUT2D eigenvalue weighted by Gasteiger charge is -2.47. The largest absolute Gasteiger partial charge is 0.508 e. The van der Waals surface area contributed by atoms with Crippen molar-refractivity contribution in [3.05, 3.63) is 29.8 Å². The predicted molar refractivity (Wildman–Crippen MR) is 97.1 cm³/mol. The van der Waals surface area contributed by atoms with Crippen LogP contribution in [0, 0.1) is 5.92 Å². The number of nitrogens with zero attached hydrogens (tertiary/aromatic N) is 1. The van der Waals surface area contributed by atoms with Gasteiger partial charge in [0, 0.05) is 44.2 Å². The Morgan fingerprint density at radius 2 is 2.16 bits per heavy atom. The van der Waals surface area contributed by atoms with Crippen LogP contribution in [0.1, 0.15) is 29.6 Å². The molecule has 1 aromatic rings. The number of carbonyl (C=O) groups excluding carboxylic acids is 1. The second-order valence-electron chi connectivity index (χ2n) is 7.42. The summed E-state index contributed by atoms with van der Waals surface area (Å²) in [5, 5.41) is 9.54. The zero-order valence-electron chi connectivity index (χ0n) is 14.4. The molecule has 0 bridgehead atoms. The number of aromatic hydroxyl groups is 1. The maximum absolute atomic E-state index is 12.5. The number of likely N-dealkylation sites (tertiary alicyclic amines) is 1. The van der Waals surface area contributed by atoms with Crippen LogP contribution in [-0.2, 0) is 9.47 Å². The normalized spacial score (nSPS) is 25.9. The Bertz CT molecular complexity index is 626. The molecule has 3 aliphatic rings. The molecule has 5 nitrogen and oxygen atoms in total. The third-order valence-corrected chi connectivity index (χ3v) is 7.00. The first-order valence-corrected chi connectivity index (χ1v) is 10.0. The van der Waals surface area contributed by atoms with E-state index >= 15 is 0 Å². The number of ether oxygens (including phenoxy) is 2. The van der Waals surface area contributed by atoms with Crippen LogP contribution in [0.4, 0.5) is 0 Å². The Morgan fingerprint density at radius 1 is 1.36 bits per heavy atom. The number of hydrogen-bond acceptors (Lipinski definition) is 5. The van der Waals surface area contributed by atoms with Crippen molar-refractivity contribution >= 4 is 17.7 Å². The van der Waals surface area contributed by atoms with Gasteiger partial charge in [0.2, 0.25) is 0 Å². The van der Waals surface area contributed by atoms with Crippen molar-refractivity contribution in [3.8, 4) is 5.75 Å². The van der Waals surface area contributed by atoms with Crippen LogP contribution in [0.15, 0.2) is 24.3 Å². The second-order valence-corrected chi connectivity index (χ2v) is 8.91. The minimum absolute atomic E-state index is 0.00805. The van der Waals surface area contributed by atoms with E-state index in [0.717, 1.165) is 57.9 Å². The van der Waals surface area contributed by atoms with Crippen LogP contribution in [0.25, 0.3) is 0 Å². The lowest BCUT2D eigenvalue weighted by molar-refractivity contribution is -0.0118. The molecular weight excluding hydrogens is 338 g/mol. The minimum Gasteiger partial charge on any atom is -0.508 e. The van der Waals surface area contributed by atoms with E-state index in [9.17, 15) is 9.90 Å². The first-order valence-electron chi connectivity index (χ1n) is 9.05. The highest BCUT2D eigenvalue weighted by Gasteiger charge is 2.51. The molecule has 0 aliphatic carbocycles. The highest BCUT2D eigenvalue weighted by atomic mass is 32.2. The molecule has 136 valence electrons. The summed E-state index contributed by atoms with van der Waals surface area (Å²) in [7, 11) is 0. The van der Waals surface area contributed by atoms with Crippen molar-refractivity contribution in [2.45, 2.75) is 30.1 Å². The number of hydrogen-bond donors (Lipinski definition) is 1. The zero-order chi connectivity index (χ0) is 17.3. The third-order valence-electron chi connectivity index (χ3n) is 5.42. The van der Waals surface area contributed by atoms with E-state index < -0.39 is 0 Å². The van der Waals surface area contributed by atoms with E-state index in [1.54, 1.807) is 18.2 Å². The average molecular weight is 363 g/mol. The lowest BCUT2D eigenvalue weighted by Crippen LogP contribution is -2.60. The summed E-state index contributed by atoms with van der Waals surface area (Å²) in [6.45, 7) is 4.14. The second kappa shape index (κ2) is 7.17. The topological polar surface area (TPSA) is 59.0 Å². The van der Waals surface area contributed by atoms with Gasteiger partial charge in [0.15, 0.2) is 0 Å². The van der Waals surface area contributed by atoms with Gasteiger partial charge in [-0.2, -0.15) is 0 Å². The summed E-state index contributed by atoms with van der Waals surface area (Å²) in [5.74, 6) is 1.81. The van der Waals surface area contributed by atoms with Crippen LogP contribution in [-0.4, -0.2) is 65.4 Å². The van der Waals surface area contributed by atoms with Gasteiger partial charge in [-0.1, -0.05) is 6.07 Å². The summed E-state index contributed by atoms with van der Waals surface area (Å²) in [6.07, 6.45) is 3.56. The van der Waals surface area contributed by atoms with E-state index in [-0.39, 0.29) is 16.4 Å². The van der Waals surface area contributed by atoms with Crippen LogP contribution in [0.5, 0.6) is 5.75 Å². The number of phenolic OH excluding ortho intramolecular Hbond substituents is 1. The first kappa shape index (κ1) is 17.2. The standard InChI is InChI=1S/C19H25NO4S/c21-16-3-1-2-15(8-16)18(22)20-12-19(13-20)9-17(11-25-19)24-10-14-4-6-23-7-5-14/h1-3,8,14,17,21H,4-7,9-13H2/t17-/m1/s1. The molecule has 0 radical (unpaired) electrons. The molecule has 1 atom stereocenters. The first-order chi connectivity index (χ1) is 12.1. The molecular formula is C19H25NO4S. The molecule has 3 saturated heterocycles. The van der Waals surface area contributed by atoms with Crippen molar-refractivity contribution < 1.29 is 19.4 Å². The number of benzene rings is 1. The van der Waals surface area contributed by atoms with E-state index in [4.69, 9.17) is 9.47 Å². The fourth-order valence-corrected chi connectivity index (χ4v) is 5.48.